The van der Waals surface area contributed by atoms with Gasteiger partial charge in [-0.05, 0) is 30.3 Å². The number of benzene rings is 2. The van der Waals surface area contributed by atoms with Gasteiger partial charge in [0.15, 0.2) is 4.96 Å². The highest BCUT2D eigenvalue weighted by Crippen LogP contribution is 2.24. The van der Waals surface area contributed by atoms with Crippen molar-refractivity contribution in [2.24, 2.45) is 0 Å². The lowest BCUT2D eigenvalue weighted by molar-refractivity contribution is 0.102. The van der Waals surface area contributed by atoms with Gasteiger partial charge in [0.2, 0.25) is 5.95 Å². The molecular weight excluding hydrogens is 460 g/mol. The zero-order valence-electron chi connectivity index (χ0n) is 16.9. The molecule has 0 unspecified atom stereocenters. The van der Waals surface area contributed by atoms with Crippen LogP contribution in [0, 0.1) is 0 Å². The predicted molar refractivity (Wildman–Crippen MR) is 126 cm³/mol. The molecule has 1 amide bonds. The number of carbonyl (C=O) groups excluding carboxylic acids is 1. The molecule has 5 aromatic rings. The number of sulfonamides is 1. The van der Waals surface area contributed by atoms with E-state index in [1.807, 2.05) is 36.5 Å². The number of amides is 1. The number of hydrogen-bond acceptors (Lipinski definition) is 7. The fraction of sp³-hybridized carbons (Fsp3) is 0. The molecule has 0 spiro atoms. The van der Waals surface area contributed by atoms with Crippen LogP contribution in [-0.4, -0.2) is 33.7 Å². The molecule has 0 aliphatic rings. The van der Waals surface area contributed by atoms with Gasteiger partial charge in [-0.15, -0.1) is 11.3 Å². The molecule has 3 heterocycles. The van der Waals surface area contributed by atoms with E-state index in [2.05, 4.69) is 25.0 Å². The number of hydrogen-bond donors (Lipinski definition) is 2. The van der Waals surface area contributed by atoms with E-state index in [1.54, 1.807) is 15.8 Å². The summed E-state index contributed by atoms with van der Waals surface area (Å²) in [5.74, 6) is -0.351. The van der Waals surface area contributed by atoms with Gasteiger partial charge in [-0.25, -0.2) is 28.1 Å². The molecule has 0 bridgehead atoms. The van der Waals surface area contributed by atoms with Crippen LogP contribution in [-0.2, 0) is 10.0 Å². The van der Waals surface area contributed by atoms with Crippen molar-refractivity contribution in [1.29, 1.82) is 0 Å². The third-order valence-corrected chi connectivity index (χ3v) is 6.91. The highest BCUT2D eigenvalue weighted by molar-refractivity contribution is 7.92. The minimum absolute atomic E-state index is 0.0213. The van der Waals surface area contributed by atoms with E-state index >= 15 is 0 Å². The SMILES string of the molecule is O=C(Nc1ccc(S(=O)(=O)Nc2ncccn2)cc1)c1csc2nc(-c3ccccc3)cn12. The lowest BCUT2D eigenvalue weighted by Crippen LogP contribution is -2.16. The fourth-order valence-corrected chi connectivity index (χ4v) is 4.95. The maximum atomic E-state index is 12.9. The van der Waals surface area contributed by atoms with Crippen molar-refractivity contribution in [2.45, 2.75) is 4.90 Å². The summed E-state index contributed by atoms with van der Waals surface area (Å²) >= 11 is 1.37. The fourth-order valence-electron chi connectivity index (χ4n) is 3.14. The Hall–Kier alpha value is -4.09. The predicted octanol–water partition coefficient (Wildman–Crippen LogP) is 3.91. The van der Waals surface area contributed by atoms with Crippen molar-refractivity contribution >= 4 is 43.9 Å². The summed E-state index contributed by atoms with van der Waals surface area (Å²) in [5, 5.41) is 4.52. The molecule has 0 aliphatic carbocycles. The quantitative estimate of drug-likeness (QED) is 0.384. The molecule has 9 nitrogen and oxygen atoms in total. The van der Waals surface area contributed by atoms with E-state index in [4.69, 9.17) is 0 Å². The normalized spacial score (nSPS) is 11.4. The van der Waals surface area contributed by atoms with Crippen LogP contribution in [0.25, 0.3) is 16.2 Å². The lowest BCUT2D eigenvalue weighted by Gasteiger charge is -2.08. The van der Waals surface area contributed by atoms with Crippen LogP contribution in [0.5, 0.6) is 0 Å². The number of fused-ring (bicyclic) bond motifs is 1. The number of rotatable bonds is 6. The standard InChI is InChI=1S/C22H16N6O3S2/c29-20(19-14-32-22-26-18(13-28(19)22)15-5-2-1-3-6-15)25-16-7-9-17(10-8-16)33(30,31)27-21-23-11-4-12-24-21/h1-14H,(H,25,29)(H,23,24,27). The van der Waals surface area contributed by atoms with Crippen molar-refractivity contribution in [3.05, 3.63) is 90.3 Å². The molecule has 0 atom stereocenters. The molecule has 0 radical (unpaired) electrons. The monoisotopic (exact) mass is 476 g/mol. The minimum atomic E-state index is -3.85. The highest BCUT2D eigenvalue weighted by Gasteiger charge is 2.18. The number of imidazole rings is 1. The number of carbonyl (C=O) groups is 1. The Bertz CT molecular complexity index is 1530. The molecule has 3 aromatic heterocycles. The summed E-state index contributed by atoms with van der Waals surface area (Å²) in [7, 11) is -3.85. The van der Waals surface area contributed by atoms with Crippen LogP contribution < -0.4 is 10.0 Å². The van der Waals surface area contributed by atoms with Gasteiger partial charge in [-0.3, -0.25) is 9.20 Å². The summed E-state index contributed by atoms with van der Waals surface area (Å²) < 4.78 is 29.0. The summed E-state index contributed by atoms with van der Waals surface area (Å²) in [5.41, 5.74) is 2.63. The van der Waals surface area contributed by atoms with E-state index in [1.165, 1.54) is 48.0 Å². The van der Waals surface area contributed by atoms with Gasteiger partial charge in [-0.1, -0.05) is 30.3 Å². The molecule has 5 rings (SSSR count). The van der Waals surface area contributed by atoms with Crippen LogP contribution in [0.15, 0.2) is 89.5 Å². The van der Waals surface area contributed by atoms with E-state index in [9.17, 15) is 13.2 Å². The smallest absolute Gasteiger partial charge is 0.273 e. The average Bonchev–Trinajstić information content (AvgIpc) is 3.41. The molecule has 11 heteroatoms. The molecule has 33 heavy (non-hydrogen) atoms. The van der Waals surface area contributed by atoms with Gasteiger partial charge in [0.05, 0.1) is 10.6 Å². The Morgan fingerprint density at radius 2 is 1.67 bits per heavy atom. The van der Waals surface area contributed by atoms with Crippen molar-refractivity contribution in [1.82, 2.24) is 19.4 Å². The van der Waals surface area contributed by atoms with Gasteiger partial charge < -0.3 is 5.32 Å². The van der Waals surface area contributed by atoms with Crippen LogP contribution in [0.3, 0.4) is 0 Å². The minimum Gasteiger partial charge on any atom is -0.321 e. The van der Waals surface area contributed by atoms with Gasteiger partial charge in [-0.2, -0.15) is 0 Å². The first-order chi connectivity index (χ1) is 16.0. The Morgan fingerprint density at radius 1 is 0.939 bits per heavy atom. The zero-order valence-corrected chi connectivity index (χ0v) is 18.5. The van der Waals surface area contributed by atoms with Crippen LogP contribution in [0.1, 0.15) is 10.5 Å². The lowest BCUT2D eigenvalue weighted by atomic mass is 10.2. The Balaban J connectivity index is 1.33. The highest BCUT2D eigenvalue weighted by atomic mass is 32.2. The maximum absolute atomic E-state index is 12.9. The molecular formula is C22H16N6O3S2. The summed E-state index contributed by atoms with van der Waals surface area (Å²) in [4.78, 5) is 25.9. The molecule has 0 saturated carbocycles. The number of aromatic nitrogens is 4. The van der Waals surface area contributed by atoms with Gasteiger partial charge in [0.1, 0.15) is 5.69 Å². The second-order valence-electron chi connectivity index (χ2n) is 6.92. The number of anilines is 2. The van der Waals surface area contributed by atoms with Gasteiger partial charge >= 0.3 is 0 Å². The van der Waals surface area contributed by atoms with Crippen molar-refractivity contribution in [3.8, 4) is 11.3 Å². The zero-order chi connectivity index (χ0) is 22.8. The first kappa shape index (κ1) is 20.8. The van der Waals surface area contributed by atoms with Crippen molar-refractivity contribution in [2.75, 3.05) is 10.0 Å². The van der Waals surface area contributed by atoms with Crippen molar-refractivity contribution in [3.63, 3.8) is 0 Å². The van der Waals surface area contributed by atoms with Gasteiger partial charge in [0, 0.05) is 35.2 Å². The van der Waals surface area contributed by atoms with E-state index in [0.29, 0.717) is 16.3 Å². The molecule has 164 valence electrons. The van der Waals surface area contributed by atoms with Crippen LogP contribution >= 0.6 is 11.3 Å². The summed E-state index contributed by atoms with van der Waals surface area (Å²) in [6.07, 6.45) is 4.70. The van der Waals surface area contributed by atoms with E-state index in [-0.39, 0.29) is 16.8 Å². The molecule has 2 N–H and O–H groups in total. The summed E-state index contributed by atoms with van der Waals surface area (Å²) in [6.45, 7) is 0. The van der Waals surface area contributed by atoms with Crippen LogP contribution in [0.2, 0.25) is 0 Å². The Labute approximate surface area is 192 Å². The van der Waals surface area contributed by atoms with Crippen molar-refractivity contribution < 1.29 is 13.2 Å². The number of nitrogens with zero attached hydrogens (tertiary/aromatic N) is 4. The Morgan fingerprint density at radius 3 is 2.39 bits per heavy atom. The third kappa shape index (κ3) is 4.31. The van der Waals surface area contributed by atoms with E-state index in [0.717, 1.165) is 11.3 Å². The third-order valence-electron chi connectivity index (χ3n) is 4.73. The number of nitrogens with one attached hydrogen (secondary N) is 2. The van der Waals surface area contributed by atoms with Gasteiger partial charge in [0.25, 0.3) is 15.9 Å². The first-order valence-corrected chi connectivity index (χ1v) is 12.1. The van der Waals surface area contributed by atoms with Crippen LogP contribution in [0.4, 0.5) is 11.6 Å². The van der Waals surface area contributed by atoms with E-state index < -0.39 is 10.0 Å². The second-order valence-corrected chi connectivity index (χ2v) is 9.44. The molecule has 0 aliphatic heterocycles. The number of thiazole rings is 1. The topological polar surface area (TPSA) is 118 Å². The Kier molecular flexibility index (Phi) is 5.32. The second kappa shape index (κ2) is 8.45. The molecule has 0 saturated heterocycles. The largest absolute Gasteiger partial charge is 0.321 e. The summed E-state index contributed by atoms with van der Waals surface area (Å²) in [6, 6.07) is 17.1. The first-order valence-electron chi connectivity index (χ1n) is 9.73. The molecule has 0 fully saturated rings. The molecule has 2 aromatic carbocycles. The average molecular weight is 477 g/mol. The maximum Gasteiger partial charge on any atom is 0.273 e.